The zero-order valence-corrected chi connectivity index (χ0v) is 22.4. The molecule has 34 heavy (non-hydrogen) atoms. The van der Waals surface area contributed by atoms with Crippen molar-refractivity contribution < 1.29 is 0 Å². The summed E-state index contributed by atoms with van der Waals surface area (Å²) in [5.74, 6) is 0. The number of benzene rings is 4. The van der Waals surface area contributed by atoms with Crippen LogP contribution in [-0.2, 0) is 0 Å². The fourth-order valence-corrected chi connectivity index (χ4v) is 9.59. The number of thioether (sulfide) groups is 4. The van der Waals surface area contributed by atoms with Crippen LogP contribution in [0.5, 0.6) is 0 Å². The van der Waals surface area contributed by atoms with Crippen molar-refractivity contribution in [3.63, 3.8) is 0 Å². The van der Waals surface area contributed by atoms with Gasteiger partial charge in [0.25, 0.3) is 0 Å². The minimum Gasteiger partial charge on any atom is -0.0837 e. The van der Waals surface area contributed by atoms with E-state index < -0.39 is 0 Å². The van der Waals surface area contributed by atoms with Gasteiger partial charge in [-0.2, -0.15) is 0 Å². The van der Waals surface area contributed by atoms with Crippen LogP contribution >= 0.6 is 70.2 Å². The summed E-state index contributed by atoms with van der Waals surface area (Å²) < 4.78 is 2.43. The highest BCUT2D eigenvalue weighted by Gasteiger charge is 2.30. The number of rotatable bonds is 3. The molecule has 6 rings (SSSR count). The molecule has 0 amide bonds. The van der Waals surface area contributed by atoms with E-state index in [0.717, 1.165) is 32.3 Å². The van der Waals surface area contributed by atoms with Crippen molar-refractivity contribution in [2.45, 2.75) is 19.6 Å². The lowest BCUT2D eigenvalue weighted by Crippen LogP contribution is -1.96. The minimum atomic E-state index is 0.734. The molecule has 0 radical (unpaired) electrons. The Hall–Kier alpha value is -1.66. The van der Waals surface area contributed by atoms with E-state index in [1.54, 1.807) is 0 Å². The molecule has 2 aliphatic heterocycles. The molecule has 6 heteroatoms. The molecule has 2 heterocycles. The molecular formula is C28H16Cl2S4. The maximum atomic E-state index is 6.85. The molecular weight excluding hydrogens is 535 g/mol. The maximum Gasteiger partial charge on any atom is 0.0585 e. The van der Waals surface area contributed by atoms with Crippen molar-refractivity contribution >= 4 is 81.4 Å². The first-order valence-corrected chi connectivity index (χ1v) is 14.6. The third kappa shape index (κ3) is 4.26. The Morgan fingerprint density at radius 2 is 0.706 bits per heavy atom. The minimum absolute atomic E-state index is 0.734. The molecule has 2 aliphatic rings. The summed E-state index contributed by atoms with van der Waals surface area (Å²) >= 11 is 20.9. The molecule has 0 aliphatic carbocycles. The zero-order chi connectivity index (χ0) is 23.1. The van der Waals surface area contributed by atoms with Gasteiger partial charge in [-0.05, 0) is 36.4 Å². The molecule has 166 valence electrons. The van der Waals surface area contributed by atoms with Crippen LogP contribution in [0.1, 0.15) is 11.1 Å². The highest BCUT2D eigenvalue weighted by atomic mass is 35.5. The van der Waals surface area contributed by atoms with Gasteiger partial charge < -0.3 is 0 Å². The van der Waals surface area contributed by atoms with Crippen molar-refractivity contribution in [2.75, 3.05) is 0 Å². The molecule has 0 N–H and O–H groups in total. The standard InChI is InChI=1S/C28H16Cl2S4/c29-19-11-3-1-9-17(19)25(27-31-21-13-5-6-14-22(21)32-27)26(18-10-2-4-12-20(18)30)28-33-23-15-7-8-16-24(23)34-28/h1-16H. The van der Waals surface area contributed by atoms with Crippen LogP contribution in [0, 0.1) is 0 Å². The van der Waals surface area contributed by atoms with E-state index in [1.165, 1.54) is 28.1 Å². The molecule has 0 unspecified atom stereocenters. The van der Waals surface area contributed by atoms with Crippen LogP contribution in [0.3, 0.4) is 0 Å². The molecule has 0 spiro atoms. The Morgan fingerprint density at radius 3 is 1.03 bits per heavy atom. The normalized spacial score (nSPS) is 14.2. The van der Waals surface area contributed by atoms with Crippen LogP contribution < -0.4 is 0 Å². The highest BCUT2D eigenvalue weighted by molar-refractivity contribution is 8.25. The van der Waals surface area contributed by atoms with Crippen LogP contribution in [0.15, 0.2) is 125 Å². The van der Waals surface area contributed by atoms with Gasteiger partial charge in [0, 0.05) is 51.9 Å². The number of hydrogen-bond acceptors (Lipinski definition) is 4. The third-order valence-electron chi connectivity index (χ3n) is 5.45. The third-order valence-corrected chi connectivity index (χ3v) is 11.2. The summed E-state index contributed by atoms with van der Waals surface area (Å²) in [6.45, 7) is 0. The van der Waals surface area contributed by atoms with E-state index in [0.29, 0.717) is 0 Å². The van der Waals surface area contributed by atoms with Gasteiger partial charge in [-0.3, -0.25) is 0 Å². The molecule has 0 aromatic heterocycles. The summed E-state index contributed by atoms with van der Waals surface area (Å²) in [6, 6.07) is 33.3. The fourth-order valence-electron chi connectivity index (χ4n) is 3.90. The lowest BCUT2D eigenvalue weighted by Gasteiger charge is -2.20. The Labute approximate surface area is 226 Å². The summed E-state index contributed by atoms with van der Waals surface area (Å²) in [5.41, 5.74) is 4.30. The molecule has 0 fully saturated rings. The predicted molar refractivity (Wildman–Crippen MR) is 153 cm³/mol. The first-order chi connectivity index (χ1) is 16.7. The van der Waals surface area contributed by atoms with Crippen LogP contribution in [0.4, 0.5) is 0 Å². The Bertz CT molecular complexity index is 1320. The number of hydrogen-bond donors (Lipinski definition) is 0. The molecule has 4 aromatic rings. The summed E-state index contributed by atoms with van der Waals surface area (Å²) in [4.78, 5) is 5.08. The van der Waals surface area contributed by atoms with Gasteiger partial charge in [0.15, 0.2) is 0 Å². The van der Waals surface area contributed by atoms with Gasteiger partial charge in [-0.25, -0.2) is 0 Å². The topological polar surface area (TPSA) is 0 Å². The van der Waals surface area contributed by atoms with E-state index in [1.807, 2.05) is 71.3 Å². The van der Waals surface area contributed by atoms with Gasteiger partial charge in [0.1, 0.15) is 0 Å². The second-order valence-corrected chi connectivity index (χ2v) is 13.1. The van der Waals surface area contributed by atoms with E-state index >= 15 is 0 Å². The molecule has 0 bridgehead atoms. The van der Waals surface area contributed by atoms with Crippen LogP contribution in [0.25, 0.3) is 11.1 Å². The second-order valence-electron chi connectivity index (χ2n) is 7.59. The van der Waals surface area contributed by atoms with Crippen molar-refractivity contribution in [1.82, 2.24) is 0 Å². The van der Waals surface area contributed by atoms with Gasteiger partial charge in [0.2, 0.25) is 0 Å². The SMILES string of the molecule is Clc1ccccc1C(=C1Sc2ccccc2S1)C(=C1Sc2ccccc2S1)c1ccccc1Cl. The Balaban J connectivity index is 1.65. The quantitative estimate of drug-likeness (QED) is 0.248. The van der Waals surface area contributed by atoms with Crippen molar-refractivity contribution in [2.24, 2.45) is 0 Å². The largest absolute Gasteiger partial charge is 0.0837 e. The lowest BCUT2D eigenvalue weighted by atomic mass is 9.94. The number of fused-ring (bicyclic) bond motifs is 2. The summed E-state index contributed by atoms with van der Waals surface area (Å²) in [5, 5.41) is 1.47. The van der Waals surface area contributed by atoms with E-state index in [-0.39, 0.29) is 0 Å². The predicted octanol–water partition coefficient (Wildman–Crippen LogP) is 10.8. The lowest BCUT2D eigenvalue weighted by molar-refractivity contribution is 1.27. The second kappa shape index (κ2) is 9.77. The van der Waals surface area contributed by atoms with Gasteiger partial charge >= 0.3 is 0 Å². The molecule has 0 atom stereocenters. The Morgan fingerprint density at radius 1 is 0.412 bits per heavy atom. The van der Waals surface area contributed by atoms with Crippen molar-refractivity contribution in [3.05, 3.63) is 127 Å². The molecule has 0 saturated heterocycles. The van der Waals surface area contributed by atoms with Crippen molar-refractivity contribution in [1.29, 1.82) is 0 Å². The molecule has 0 saturated carbocycles. The molecule has 0 nitrogen and oxygen atoms in total. The van der Waals surface area contributed by atoms with Crippen LogP contribution in [0.2, 0.25) is 10.0 Å². The van der Waals surface area contributed by atoms with Gasteiger partial charge in [0.05, 0.1) is 8.47 Å². The first-order valence-electron chi connectivity index (χ1n) is 10.6. The maximum absolute atomic E-state index is 6.85. The summed E-state index contributed by atoms with van der Waals surface area (Å²) in [6.07, 6.45) is 0. The van der Waals surface area contributed by atoms with E-state index in [2.05, 4.69) is 72.8 Å². The van der Waals surface area contributed by atoms with Crippen LogP contribution in [-0.4, -0.2) is 0 Å². The average molecular weight is 552 g/mol. The van der Waals surface area contributed by atoms with Gasteiger partial charge in [-0.1, -0.05) is 131 Å². The monoisotopic (exact) mass is 550 g/mol. The van der Waals surface area contributed by atoms with Crippen molar-refractivity contribution in [3.8, 4) is 0 Å². The number of allylic oxidation sites excluding steroid dienone is 2. The average Bonchev–Trinajstić information content (AvgIpc) is 3.48. The zero-order valence-electron chi connectivity index (χ0n) is 17.6. The smallest absolute Gasteiger partial charge is 0.0585 e. The van der Waals surface area contributed by atoms with E-state index in [4.69, 9.17) is 23.2 Å². The summed E-state index contributed by atoms with van der Waals surface area (Å²) in [7, 11) is 0. The Kier molecular flexibility index (Phi) is 6.55. The fraction of sp³-hybridized carbons (Fsp3) is 0. The molecule has 4 aromatic carbocycles. The van der Waals surface area contributed by atoms with E-state index in [9.17, 15) is 0 Å². The first kappa shape index (κ1) is 22.8. The van der Waals surface area contributed by atoms with Gasteiger partial charge in [-0.15, -0.1) is 0 Å². The highest BCUT2D eigenvalue weighted by Crippen LogP contribution is 2.61. The number of halogens is 2.